The summed E-state index contributed by atoms with van der Waals surface area (Å²) in [7, 11) is 0. The predicted molar refractivity (Wildman–Crippen MR) is 70.7 cm³/mol. The first-order valence-corrected chi connectivity index (χ1v) is 5.66. The Labute approximate surface area is 117 Å². The summed E-state index contributed by atoms with van der Waals surface area (Å²) in [6.07, 6.45) is 2.42. The van der Waals surface area contributed by atoms with Gasteiger partial charge in [-0.05, 0) is 35.8 Å². The maximum atomic E-state index is 2.28. The van der Waals surface area contributed by atoms with Gasteiger partial charge >= 0.3 is 29.6 Å². The van der Waals surface area contributed by atoms with Crippen molar-refractivity contribution in [3.8, 4) is 0 Å². The molecule has 0 N–H and O–H groups in total. The quantitative estimate of drug-likeness (QED) is 0.674. The molecule has 0 spiro atoms. The summed E-state index contributed by atoms with van der Waals surface area (Å²) in [6, 6.07) is 8.86. The molecule has 0 aliphatic carbocycles. The molecule has 0 unspecified atom stereocenters. The molecule has 0 aliphatic heterocycles. The van der Waals surface area contributed by atoms with Crippen molar-refractivity contribution < 1.29 is 0 Å². The maximum absolute atomic E-state index is 2.28. The normalized spacial score (nSPS) is 10.5. The van der Waals surface area contributed by atoms with Gasteiger partial charge in [-0.15, -0.1) is 0 Å². The van der Waals surface area contributed by atoms with Crippen molar-refractivity contribution in [2.24, 2.45) is 11.8 Å². The Bertz CT molecular complexity index is 247. The average molecular weight is 214 g/mol. The molecule has 1 aromatic carbocycles. The first-order valence-electron chi connectivity index (χ1n) is 5.66. The zero-order valence-electron chi connectivity index (χ0n) is 9.88. The Kier molecular flexibility index (Phi) is 7.60. The Morgan fingerprint density at radius 3 is 1.40 bits per heavy atom. The number of rotatable bonds is 4. The minimum atomic E-state index is 0. The third-order valence-corrected chi connectivity index (χ3v) is 2.37. The summed E-state index contributed by atoms with van der Waals surface area (Å²) >= 11 is 0. The van der Waals surface area contributed by atoms with Gasteiger partial charge in [-0.2, -0.15) is 0 Å². The Hall–Kier alpha value is 0.220. The SMILES string of the molecule is CC(C)Cc1ccccc1CC(C)C.[NaH]. The van der Waals surface area contributed by atoms with Gasteiger partial charge in [0.05, 0.1) is 0 Å². The van der Waals surface area contributed by atoms with E-state index in [0.717, 1.165) is 11.8 Å². The van der Waals surface area contributed by atoms with Crippen LogP contribution < -0.4 is 0 Å². The second kappa shape index (κ2) is 7.49. The van der Waals surface area contributed by atoms with Crippen LogP contribution in [0.3, 0.4) is 0 Å². The van der Waals surface area contributed by atoms with Crippen LogP contribution in [0.5, 0.6) is 0 Å². The summed E-state index contributed by atoms with van der Waals surface area (Å²) in [5.41, 5.74) is 3.08. The van der Waals surface area contributed by atoms with Gasteiger partial charge in [0.2, 0.25) is 0 Å². The van der Waals surface area contributed by atoms with Gasteiger partial charge in [-0.25, -0.2) is 0 Å². The molecule has 0 atom stereocenters. The molecule has 0 fully saturated rings. The summed E-state index contributed by atoms with van der Waals surface area (Å²) in [4.78, 5) is 0. The van der Waals surface area contributed by atoms with Crippen LogP contribution in [0.15, 0.2) is 24.3 Å². The molecule has 80 valence electrons. The van der Waals surface area contributed by atoms with E-state index in [1.165, 1.54) is 24.0 Å². The van der Waals surface area contributed by atoms with E-state index < -0.39 is 0 Å². The van der Waals surface area contributed by atoms with Crippen LogP contribution in [0.25, 0.3) is 0 Å². The number of hydrogen-bond donors (Lipinski definition) is 0. The molecule has 15 heavy (non-hydrogen) atoms. The summed E-state index contributed by atoms with van der Waals surface area (Å²) in [5.74, 6) is 1.51. The van der Waals surface area contributed by atoms with Crippen molar-refractivity contribution in [3.05, 3.63) is 35.4 Å². The summed E-state index contributed by atoms with van der Waals surface area (Å²) in [6.45, 7) is 9.14. The molecule has 0 amide bonds. The summed E-state index contributed by atoms with van der Waals surface area (Å²) < 4.78 is 0. The third kappa shape index (κ3) is 5.75. The van der Waals surface area contributed by atoms with Gasteiger partial charge in [0.1, 0.15) is 0 Å². The van der Waals surface area contributed by atoms with Gasteiger partial charge in [0.15, 0.2) is 0 Å². The average Bonchev–Trinajstić information content (AvgIpc) is 2.06. The van der Waals surface area contributed by atoms with Crippen molar-refractivity contribution >= 4 is 29.6 Å². The monoisotopic (exact) mass is 214 g/mol. The fraction of sp³-hybridized carbons (Fsp3) is 0.571. The Morgan fingerprint density at radius 1 is 0.800 bits per heavy atom. The fourth-order valence-corrected chi connectivity index (χ4v) is 1.84. The van der Waals surface area contributed by atoms with Crippen molar-refractivity contribution in [1.82, 2.24) is 0 Å². The van der Waals surface area contributed by atoms with Crippen molar-refractivity contribution in [3.63, 3.8) is 0 Å². The molecule has 0 saturated carbocycles. The van der Waals surface area contributed by atoms with Crippen molar-refractivity contribution in [1.29, 1.82) is 0 Å². The molecule has 1 heteroatoms. The van der Waals surface area contributed by atoms with Gasteiger partial charge in [0.25, 0.3) is 0 Å². The number of hydrogen-bond acceptors (Lipinski definition) is 0. The van der Waals surface area contributed by atoms with E-state index in [-0.39, 0.29) is 29.6 Å². The first-order chi connectivity index (χ1) is 6.59. The van der Waals surface area contributed by atoms with Crippen LogP contribution in [0.1, 0.15) is 38.8 Å². The van der Waals surface area contributed by atoms with Gasteiger partial charge in [-0.3, -0.25) is 0 Å². The van der Waals surface area contributed by atoms with Crippen molar-refractivity contribution in [2.75, 3.05) is 0 Å². The van der Waals surface area contributed by atoms with Crippen LogP contribution in [0, 0.1) is 11.8 Å². The van der Waals surface area contributed by atoms with E-state index in [2.05, 4.69) is 52.0 Å². The zero-order chi connectivity index (χ0) is 10.6. The Balaban J connectivity index is 0.00000196. The van der Waals surface area contributed by atoms with E-state index in [0.29, 0.717) is 0 Å². The molecule has 0 aromatic heterocycles. The van der Waals surface area contributed by atoms with E-state index >= 15 is 0 Å². The van der Waals surface area contributed by atoms with E-state index in [1.807, 2.05) is 0 Å². The molecule has 1 rings (SSSR count). The van der Waals surface area contributed by atoms with Crippen molar-refractivity contribution in [2.45, 2.75) is 40.5 Å². The van der Waals surface area contributed by atoms with Crippen LogP contribution in [0.4, 0.5) is 0 Å². The second-order valence-corrected chi connectivity index (χ2v) is 4.96. The first kappa shape index (κ1) is 15.2. The molecule has 0 radical (unpaired) electrons. The molecule has 0 heterocycles. The molecule has 0 aliphatic rings. The molecular formula is C14H23Na. The molecule has 1 aromatic rings. The topological polar surface area (TPSA) is 0 Å². The van der Waals surface area contributed by atoms with E-state index in [9.17, 15) is 0 Å². The summed E-state index contributed by atoms with van der Waals surface area (Å²) in [5, 5.41) is 0. The standard InChI is InChI=1S/C14H22.Na.H/c1-11(2)9-13-7-5-6-8-14(13)10-12(3)4;;/h5-8,11-12H,9-10H2,1-4H3;;. The number of benzene rings is 1. The van der Waals surface area contributed by atoms with Gasteiger partial charge < -0.3 is 0 Å². The fourth-order valence-electron chi connectivity index (χ4n) is 1.84. The van der Waals surface area contributed by atoms with Gasteiger partial charge in [0, 0.05) is 0 Å². The second-order valence-electron chi connectivity index (χ2n) is 4.96. The zero-order valence-corrected chi connectivity index (χ0v) is 9.88. The minimum absolute atomic E-state index is 0. The van der Waals surface area contributed by atoms with E-state index in [4.69, 9.17) is 0 Å². The Morgan fingerprint density at radius 2 is 1.13 bits per heavy atom. The van der Waals surface area contributed by atoms with Crippen LogP contribution in [-0.2, 0) is 12.8 Å². The van der Waals surface area contributed by atoms with Crippen LogP contribution in [0.2, 0.25) is 0 Å². The molecule has 0 bridgehead atoms. The molecule has 0 nitrogen and oxygen atoms in total. The van der Waals surface area contributed by atoms with Gasteiger partial charge in [-0.1, -0.05) is 52.0 Å². The molecular weight excluding hydrogens is 191 g/mol. The van der Waals surface area contributed by atoms with E-state index in [1.54, 1.807) is 0 Å². The predicted octanol–water partition coefficient (Wildman–Crippen LogP) is 3.44. The van der Waals surface area contributed by atoms with Crippen LogP contribution in [-0.4, -0.2) is 29.6 Å². The third-order valence-electron chi connectivity index (χ3n) is 2.37. The molecule has 0 saturated heterocycles. The van der Waals surface area contributed by atoms with Crippen LogP contribution >= 0.6 is 0 Å².